The van der Waals surface area contributed by atoms with Crippen LogP contribution < -0.4 is 4.74 Å². The molecule has 0 fully saturated rings. The molecule has 0 amide bonds. The van der Waals surface area contributed by atoms with Crippen molar-refractivity contribution in [3.8, 4) is 23.3 Å². The number of ether oxygens (including phenoxy) is 2. The normalized spacial score (nSPS) is 26.5. The Morgan fingerprint density at radius 1 is 1.36 bits per heavy atom. The van der Waals surface area contributed by atoms with Gasteiger partial charge < -0.3 is 24.8 Å². The average Bonchev–Trinajstić information content (AvgIpc) is 2.63. The van der Waals surface area contributed by atoms with E-state index < -0.39 is 24.3 Å². The maximum Gasteiger partial charge on any atom is 0.302 e. The van der Waals surface area contributed by atoms with Crippen molar-refractivity contribution in [2.45, 2.75) is 64.3 Å². The van der Waals surface area contributed by atoms with Crippen LogP contribution in [-0.2, 0) is 16.0 Å². The minimum Gasteiger partial charge on any atom is -0.504 e. The van der Waals surface area contributed by atoms with E-state index in [0.717, 1.165) is 5.56 Å². The summed E-state index contributed by atoms with van der Waals surface area (Å²) >= 11 is 0. The molecule has 28 heavy (non-hydrogen) atoms. The second kappa shape index (κ2) is 10.4. The van der Waals surface area contributed by atoms with Gasteiger partial charge >= 0.3 is 5.97 Å². The van der Waals surface area contributed by atoms with E-state index in [-0.39, 0.29) is 17.6 Å². The van der Waals surface area contributed by atoms with Crippen LogP contribution in [-0.4, -0.2) is 46.7 Å². The van der Waals surface area contributed by atoms with Gasteiger partial charge in [-0.25, -0.2) is 0 Å². The molecule has 0 bridgehead atoms. The van der Waals surface area contributed by atoms with Crippen LogP contribution in [0.25, 0.3) is 0 Å². The van der Waals surface area contributed by atoms with Crippen LogP contribution >= 0.6 is 0 Å². The Labute approximate surface area is 166 Å². The first-order chi connectivity index (χ1) is 13.3. The van der Waals surface area contributed by atoms with Gasteiger partial charge in [0, 0.05) is 31.6 Å². The molecular formula is C22H30O6. The van der Waals surface area contributed by atoms with E-state index in [9.17, 15) is 20.1 Å². The number of aliphatic hydroxyl groups is 2. The Morgan fingerprint density at radius 3 is 2.75 bits per heavy atom. The largest absolute Gasteiger partial charge is 0.504 e. The van der Waals surface area contributed by atoms with Crippen LogP contribution in [0.4, 0.5) is 0 Å². The SMILES string of the molecule is COc1cc(C[C@H]2CC#C[C@H]([C@H](C)O)CC[C@H](O)C[C@@H]2OC(C)=O)ccc1O. The number of rotatable bonds is 5. The summed E-state index contributed by atoms with van der Waals surface area (Å²) in [6.07, 6.45) is 0.760. The highest BCUT2D eigenvalue weighted by Crippen LogP contribution is 2.30. The number of esters is 1. The van der Waals surface area contributed by atoms with Crippen LogP contribution in [0.3, 0.4) is 0 Å². The van der Waals surface area contributed by atoms with E-state index in [2.05, 4.69) is 11.8 Å². The molecule has 0 aliphatic heterocycles. The fraction of sp³-hybridized carbons (Fsp3) is 0.591. The zero-order valence-corrected chi connectivity index (χ0v) is 16.7. The Morgan fingerprint density at radius 2 is 2.11 bits per heavy atom. The first-order valence-electron chi connectivity index (χ1n) is 9.67. The summed E-state index contributed by atoms with van der Waals surface area (Å²) in [5, 5.41) is 30.2. The van der Waals surface area contributed by atoms with Crippen molar-refractivity contribution in [1.29, 1.82) is 0 Å². The molecule has 1 aliphatic carbocycles. The third-order valence-corrected chi connectivity index (χ3v) is 5.13. The number of aliphatic hydroxyl groups excluding tert-OH is 2. The summed E-state index contributed by atoms with van der Waals surface area (Å²) in [5.74, 6) is 5.99. The molecule has 1 aromatic rings. The fourth-order valence-electron chi connectivity index (χ4n) is 3.55. The van der Waals surface area contributed by atoms with Crippen molar-refractivity contribution < 1.29 is 29.6 Å². The maximum atomic E-state index is 11.6. The molecule has 1 aliphatic rings. The third-order valence-electron chi connectivity index (χ3n) is 5.13. The Balaban J connectivity index is 2.30. The molecule has 1 aromatic carbocycles. The van der Waals surface area contributed by atoms with Crippen LogP contribution in [0.5, 0.6) is 11.5 Å². The molecule has 3 N–H and O–H groups in total. The highest BCUT2D eigenvalue weighted by Gasteiger charge is 2.28. The first-order valence-corrected chi connectivity index (χ1v) is 9.67. The van der Waals surface area contributed by atoms with Crippen molar-refractivity contribution in [1.82, 2.24) is 0 Å². The van der Waals surface area contributed by atoms with E-state index >= 15 is 0 Å². The minimum absolute atomic E-state index is 0.0590. The van der Waals surface area contributed by atoms with Crippen molar-refractivity contribution in [3.05, 3.63) is 23.8 Å². The van der Waals surface area contributed by atoms with Crippen LogP contribution in [0.15, 0.2) is 18.2 Å². The summed E-state index contributed by atoms with van der Waals surface area (Å²) in [6.45, 7) is 3.07. The molecule has 6 heteroatoms. The molecule has 0 saturated heterocycles. The number of carbonyl (C=O) groups excluding carboxylic acids is 1. The number of hydrogen-bond donors (Lipinski definition) is 3. The van der Waals surface area contributed by atoms with Gasteiger partial charge in [0.1, 0.15) is 6.10 Å². The lowest BCUT2D eigenvalue weighted by Crippen LogP contribution is -2.32. The highest BCUT2D eigenvalue weighted by atomic mass is 16.5. The van der Waals surface area contributed by atoms with Gasteiger partial charge in [0.15, 0.2) is 11.5 Å². The highest BCUT2D eigenvalue weighted by molar-refractivity contribution is 5.66. The predicted molar refractivity (Wildman–Crippen MR) is 105 cm³/mol. The van der Waals surface area contributed by atoms with Crippen LogP contribution in [0.1, 0.15) is 45.1 Å². The van der Waals surface area contributed by atoms with Crippen molar-refractivity contribution >= 4 is 5.97 Å². The first kappa shape index (κ1) is 22.1. The zero-order chi connectivity index (χ0) is 20.7. The second-order valence-corrected chi connectivity index (χ2v) is 7.46. The lowest BCUT2D eigenvalue weighted by Gasteiger charge is -2.29. The van der Waals surface area contributed by atoms with Crippen molar-refractivity contribution in [2.75, 3.05) is 7.11 Å². The summed E-state index contributed by atoms with van der Waals surface area (Å²) in [6, 6.07) is 5.12. The van der Waals surface area contributed by atoms with Gasteiger partial charge in [-0.15, -0.1) is 5.92 Å². The predicted octanol–water partition coefficient (Wildman–Crippen LogP) is 2.43. The van der Waals surface area contributed by atoms with Crippen molar-refractivity contribution in [2.24, 2.45) is 11.8 Å². The number of methoxy groups -OCH3 is 1. The smallest absolute Gasteiger partial charge is 0.302 e. The average molecular weight is 390 g/mol. The van der Waals surface area contributed by atoms with Crippen molar-refractivity contribution in [3.63, 3.8) is 0 Å². The zero-order valence-electron chi connectivity index (χ0n) is 16.7. The van der Waals surface area contributed by atoms with Gasteiger partial charge in [-0.2, -0.15) is 0 Å². The van der Waals surface area contributed by atoms with E-state index in [1.807, 2.05) is 0 Å². The molecule has 2 rings (SSSR count). The Hall–Kier alpha value is -2.23. The quantitative estimate of drug-likeness (QED) is 0.528. The fourth-order valence-corrected chi connectivity index (χ4v) is 3.55. The van der Waals surface area contributed by atoms with E-state index in [1.54, 1.807) is 25.1 Å². The summed E-state index contributed by atoms with van der Waals surface area (Å²) < 4.78 is 10.7. The number of phenolic OH excluding ortho intramolecular Hbond substituents is 1. The molecule has 0 spiro atoms. The molecule has 5 atom stereocenters. The molecule has 0 radical (unpaired) electrons. The van der Waals surface area contributed by atoms with E-state index in [1.165, 1.54) is 14.0 Å². The Bertz CT molecular complexity index is 717. The standard InChI is InChI=1S/C22H30O6/c1-14(23)17-5-4-6-18(11-16-7-10-20(26)22(12-16)27-3)21(28-15(2)24)13-19(25)9-8-17/h7,10,12,14,17-19,21,23,25-26H,6,8-9,11,13H2,1-3H3/t14-,17-,18+,19-,21-/m0/s1. The number of aromatic hydroxyl groups is 1. The molecular weight excluding hydrogens is 360 g/mol. The summed E-state index contributed by atoms with van der Waals surface area (Å²) in [5.41, 5.74) is 0.914. The van der Waals surface area contributed by atoms with Gasteiger partial charge in [0.25, 0.3) is 0 Å². The van der Waals surface area contributed by atoms with Crippen LogP contribution in [0, 0.1) is 23.7 Å². The summed E-state index contributed by atoms with van der Waals surface area (Å²) in [4.78, 5) is 11.6. The van der Waals surface area contributed by atoms with E-state index in [4.69, 9.17) is 9.47 Å². The molecule has 0 unspecified atom stereocenters. The minimum atomic E-state index is -0.637. The molecule has 0 aromatic heterocycles. The molecule has 154 valence electrons. The van der Waals surface area contributed by atoms with Gasteiger partial charge in [0.2, 0.25) is 0 Å². The number of benzene rings is 1. The maximum absolute atomic E-state index is 11.6. The monoisotopic (exact) mass is 390 g/mol. The second-order valence-electron chi connectivity index (χ2n) is 7.46. The number of hydrogen-bond acceptors (Lipinski definition) is 6. The molecule has 0 saturated carbocycles. The Kier molecular flexibility index (Phi) is 8.16. The topological polar surface area (TPSA) is 96.2 Å². The van der Waals surface area contributed by atoms with Crippen LogP contribution in [0.2, 0.25) is 0 Å². The van der Waals surface area contributed by atoms with Gasteiger partial charge in [-0.1, -0.05) is 12.0 Å². The van der Waals surface area contributed by atoms with Gasteiger partial charge in [-0.05, 0) is 43.9 Å². The number of phenols is 1. The van der Waals surface area contributed by atoms with Gasteiger partial charge in [0.05, 0.1) is 19.3 Å². The molecule has 0 heterocycles. The number of carbonyl (C=O) groups is 1. The third kappa shape index (κ3) is 6.43. The summed E-state index contributed by atoms with van der Waals surface area (Å²) in [7, 11) is 1.49. The van der Waals surface area contributed by atoms with E-state index in [0.29, 0.717) is 37.9 Å². The lowest BCUT2D eigenvalue weighted by atomic mass is 9.85. The molecule has 6 nitrogen and oxygen atoms in total. The van der Waals surface area contributed by atoms with Gasteiger partial charge in [-0.3, -0.25) is 4.79 Å². The lowest BCUT2D eigenvalue weighted by molar-refractivity contribution is -0.150.